The molecule has 0 aliphatic heterocycles. The van der Waals surface area contributed by atoms with Crippen LogP contribution < -0.4 is 5.73 Å². The summed E-state index contributed by atoms with van der Waals surface area (Å²) in [7, 11) is 0. The summed E-state index contributed by atoms with van der Waals surface area (Å²) in [4.78, 5) is 4.00. The highest BCUT2D eigenvalue weighted by Crippen LogP contribution is 2.36. The lowest BCUT2D eigenvalue weighted by molar-refractivity contribution is 0.0678. The predicted octanol–water partition coefficient (Wildman–Crippen LogP) is 1.84. The topological polar surface area (TPSA) is 59.1 Å². The van der Waals surface area contributed by atoms with Crippen LogP contribution in [0.25, 0.3) is 0 Å². The molecular weight excluding hydrogens is 188 g/mol. The second kappa shape index (κ2) is 3.66. The minimum absolute atomic E-state index is 0.416. The van der Waals surface area contributed by atoms with Gasteiger partial charge in [-0.05, 0) is 24.8 Å². The normalized spacial score (nSPS) is 30.4. The molecule has 1 heterocycles. The van der Waals surface area contributed by atoms with Gasteiger partial charge in [0.05, 0.1) is 0 Å². The number of anilines is 1. The fraction of sp³-hybridized carbons (Fsp3) is 0.417. The maximum Gasteiger partial charge on any atom is 0.129 e. The van der Waals surface area contributed by atoms with Gasteiger partial charge in [-0.15, -0.1) is 0 Å². The Hall–Kier alpha value is -1.35. The third kappa shape index (κ3) is 1.88. The largest absolute Gasteiger partial charge is 0.383 e. The van der Waals surface area contributed by atoms with Crippen LogP contribution in [-0.2, 0) is 5.60 Å². The molecule has 0 fully saturated rings. The van der Waals surface area contributed by atoms with Crippen molar-refractivity contribution in [3.05, 3.63) is 36.0 Å². The Labute approximate surface area is 89.6 Å². The lowest BCUT2D eigenvalue weighted by Crippen LogP contribution is -2.28. The van der Waals surface area contributed by atoms with Gasteiger partial charge in [-0.3, -0.25) is 0 Å². The van der Waals surface area contributed by atoms with Crippen LogP contribution >= 0.6 is 0 Å². The second-order valence-electron chi connectivity index (χ2n) is 4.24. The van der Waals surface area contributed by atoms with Crippen molar-refractivity contribution in [3.63, 3.8) is 0 Å². The van der Waals surface area contributed by atoms with E-state index in [0.717, 1.165) is 6.42 Å². The molecule has 1 aliphatic rings. The van der Waals surface area contributed by atoms with E-state index < -0.39 is 5.60 Å². The van der Waals surface area contributed by atoms with Gasteiger partial charge in [0.25, 0.3) is 0 Å². The molecule has 3 N–H and O–H groups in total. The number of rotatable bonds is 1. The standard InChI is InChI=1S/C12H16N2O/c1-9-4-6-12(15,7-5-9)10-3-2-8-14-11(10)13/h2-4,6,8-9,15H,5,7H2,1H3,(H2,13,14). The van der Waals surface area contributed by atoms with Crippen LogP contribution in [0.4, 0.5) is 5.82 Å². The smallest absolute Gasteiger partial charge is 0.129 e. The molecule has 2 rings (SSSR count). The maximum atomic E-state index is 10.4. The highest BCUT2D eigenvalue weighted by molar-refractivity contribution is 5.45. The fourth-order valence-electron chi connectivity index (χ4n) is 1.96. The van der Waals surface area contributed by atoms with Gasteiger partial charge in [0, 0.05) is 11.8 Å². The first kappa shape index (κ1) is 10.2. The molecule has 0 spiro atoms. The first-order valence-corrected chi connectivity index (χ1v) is 5.24. The minimum Gasteiger partial charge on any atom is -0.383 e. The Morgan fingerprint density at radius 2 is 2.40 bits per heavy atom. The molecule has 0 radical (unpaired) electrons. The average molecular weight is 204 g/mol. The van der Waals surface area contributed by atoms with E-state index in [1.165, 1.54) is 0 Å². The quantitative estimate of drug-likeness (QED) is 0.686. The van der Waals surface area contributed by atoms with Gasteiger partial charge in [-0.1, -0.05) is 25.1 Å². The van der Waals surface area contributed by atoms with Gasteiger partial charge in [0.15, 0.2) is 0 Å². The second-order valence-corrected chi connectivity index (χ2v) is 4.24. The van der Waals surface area contributed by atoms with Gasteiger partial charge >= 0.3 is 0 Å². The van der Waals surface area contributed by atoms with Gasteiger partial charge in [-0.2, -0.15) is 0 Å². The Morgan fingerprint density at radius 3 is 3.00 bits per heavy atom. The van der Waals surface area contributed by atoms with E-state index >= 15 is 0 Å². The van der Waals surface area contributed by atoms with Crippen LogP contribution in [0.2, 0.25) is 0 Å². The molecule has 0 amide bonds. The molecule has 0 saturated carbocycles. The van der Waals surface area contributed by atoms with Crippen molar-refractivity contribution in [2.45, 2.75) is 25.4 Å². The Balaban J connectivity index is 2.38. The van der Waals surface area contributed by atoms with Crippen LogP contribution in [0.1, 0.15) is 25.3 Å². The van der Waals surface area contributed by atoms with Gasteiger partial charge < -0.3 is 10.8 Å². The van der Waals surface area contributed by atoms with Gasteiger partial charge in [0.2, 0.25) is 0 Å². The van der Waals surface area contributed by atoms with Crippen LogP contribution in [0.3, 0.4) is 0 Å². The molecule has 2 unspecified atom stereocenters. The molecule has 1 aliphatic carbocycles. The highest BCUT2D eigenvalue weighted by atomic mass is 16.3. The van der Waals surface area contributed by atoms with Crippen LogP contribution in [0.5, 0.6) is 0 Å². The minimum atomic E-state index is -0.926. The summed E-state index contributed by atoms with van der Waals surface area (Å²) >= 11 is 0. The molecule has 3 nitrogen and oxygen atoms in total. The Morgan fingerprint density at radius 1 is 1.60 bits per heavy atom. The molecule has 0 saturated heterocycles. The van der Waals surface area contributed by atoms with Gasteiger partial charge in [-0.25, -0.2) is 4.98 Å². The van der Waals surface area contributed by atoms with Crippen molar-refractivity contribution >= 4 is 5.82 Å². The van der Waals surface area contributed by atoms with E-state index in [0.29, 0.717) is 23.7 Å². The lowest BCUT2D eigenvalue weighted by Gasteiger charge is -2.30. The Kier molecular flexibility index (Phi) is 2.49. The summed E-state index contributed by atoms with van der Waals surface area (Å²) < 4.78 is 0. The zero-order chi connectivity index (χ0) is 10.9. The van der Waals surface area contributed by atoms with Crippen LogP contribution in [0.15, 0.2) is 30.5 Å². The molecule has 1 aromatic rings. The number of nitrogens with zero attached hydrogens (tertiary/aromatic N) is 1. The predicted molar refractivity (Wildman–Crippen MR) is 60.1 cm³/mol. The molecule has 15 heavy (non-hydrogen) atoms. The van der Waals surface area contributed by atoms with E-state index in [9.17, 15) is 5.11 Å². The number of pyridine rings is 1. The van der Waals surface area contributed by atoms with Crippen molar-refractivity contribution in [2.75, 3.05) is 5.73 Å². The molecule has 0 bridgehead atoms. The number of aliphatic hydroxyl groups is 1. The monoisotopic (exact) mass is 204 g/mol. The first-order valence-electron chi connectivity index (χ1n) is 5.24. The SMILES string of the molecule is CC1C=CC(O)(c2cccnc2N)CC1. The zero-order valence-electron chi connectivity index (χ0n) is 8.85. The van der Waals surface area contributed by atoms with E-state index in [1.807, 2.05) is 18.2 Å². The van der Waals surface area contributed by atoms with E-state index in [1.54, 1.807) is 12.3 Å². The Bertz CT molecular complexity index is 389. The third-order valence-electron chi connectivity index (χ3n) is 2.99. The molecule has 80 valence electrons. The summed E-state index contributed by atoms with van der Waals surface area (Å²) in [5, 5.41) is 10.4. The van der Waals surface area contributed by atoms with Crippen molar-refractivity contribution in [1.82, 2.24) is 4.98 Å². The third-order valence-corrected chi connectivity index (χ3v) is 2.99. The number of nitrogens with two attached hydrogens (primary N) is 1. The summed E-state index contributed by atoms with van der Waals surface area (Å²) in [5.74, 6) is 0.947. The van der Waals surface area contributed by atoms with Gasteiger partial charge in [0.1, 0.15) is 11.4 Å². The first-order chi connectivity index (χ1) is 7.12. The van der Waals surface area contributed by atoms with Crippen molar-refractivity contribution in [3.8, 4) is 0 Å². The summed E-state index contributed by atoms with van der Waals surface area (Å²) in [6.07, 6.45) is 7.20. The van der Waals surface area contributed by atoms with Crippen LogP contribution in [0, 0.1) is 5.92 Å². The van der Waals surface area contributed by atoms with Crippen molar-refractivity contribution < 1.29 is 5.11 Å². The summed E-state index contributed by atoms with van der Waals surface area (Å²) in [5.41, 5.74) is 5.56. The molecule has 3 heteroatoms. The van der Waals surface area contributed by atoms with Crippen molar-refractivity contribution in [2.24, 2.45) is 5.92 Å². The van der Waals surface area contributed by atoms with E-state index in [2.05, 4.69) is 11.9 Å². The number of allylic oxidation sites excluding steroid dienone is 1. The fourth-order valence-corrected chi connectivity index (χ4v) is 1.96. The maximum absolute atomic E-state index is 10.4. The number of nitrogen functional groups attached to an aromatic ring is 1. The molecular formula is C12H16N2O. The molecule has 1 aromatic heterocycles. The molecule has 2 atom stereocenters. The average Bonchev–Trinajstić information content (AvgIpc) is 2.23. The van der Waals surface area contributed by atoms with Crippen LogP contribution in [-0.4, -0.2) is 10.1 Å². The number of hydrogen-bond donors (Lipinski definition) is 2. The van der Waals surface area contributed by atoms with E-state index in [-0.39, 0.29) is 0 Å². The molecule has 0 aromatic carbocycles. The van der Waals surface area contributed by atoms with E-state index in [4.69, 9.17) is 5.73 Å². The number of hydrogen-bond acceptors (Lipinski definition) is 3. The zero-order valence-corrected chi connectivity index (χ0v) is 8.85. The number of aromatic nitrogens is 1. The van der Waals surface area contributed by atoms with Crippen molar-refractivity contribution in [1.29, 1.82) is 0 Å². The highest BCUT2D eigenvalue weighted by Gasteiger charge is 2.31. The summed E-state index contributed by atoms with van der Waals surface area (Å²) in [6.45, 7) is 2.14. The lowest BCUT2D eigenvalue weighted by atomic mass is 9.81. The summed E-state index contributed by atoms with van der Waals surface area (Å²) in [6, 6.07) is 3.64.